The van der Waals surface area contributed by atoms with Crippen LogP contribution in [0.1, 0.15) is 32.6 Å². The van der Waals surface area contributed by atoms with E-state index in [1.165, 1.54) is 0 Å². The monoisotopic (exact) mass is 158 g/mol. The average molecular weight is 158 g/mol. The first-order valence-electron chi connectivity index (χ1n) is 4.08. The molecule has 0 aromatic heterocycles. The average Bonchev–Trinajstić information content (AvgIpc) is 1.96. The van der Waals surface area contributed by atoms with Gasteiger partial charge in [0.05, 0.1) is 0 Å². The highest BCUT2D eigenvalue weighted by atomic mass is 16.6. The summed E-state index contributed by atoms with van der Waals surface area (Å²) >= 11 is 0. The second kappa shape index (κ2) is 3.32. The summed E-state index contributed by atoms with van der Waals surface area (Å²) in [5, 5.41) is 9.57. The van der Waals surface area contributed by atoms with Crippen molar-refractivity contribution < 1.29 is 14.6 Å². The standard InChI is InChI=1S/C8H14O3/c1-2-11-8(10)6-4-3-5-7(8)9/h10H,2-6H2,1H3. The van der Waals surface area contributed by atoms with Crippen molar-refractivity contribution in [2.75, 3.05) is 6.61 Å². The lowest BCUT2D eigenvalue weighted by molar-refractivity contribution is -0.211. The lowest BCUT2D eigenvalue weighted by atomic mass is 9.93. The van der Waals surface area contributed by atoms with Crippen LogP contribution in [0.2, 0.25) is 0 Å². The van der Waals surface area contributed by atoms with Crippen molar-refractivity contribution in [3.8, 4) is 0 Å². The molecule has 1 aliphatic carbocycles. The van der Waals surface area contributed by atoms with Crippen LogP contribution in [-0.4, -0.2) is 23.3 Å². The maximum absolute atomic E-state index is 11.1. The maximum atomic E-state index is 11.1. The van der Waals surface area contributed by atoms with E-state index in [2.05, 4.69) is 0 Å². The molecule has 11 heavy (non-hydrogen) atoms. The molecule has 0 bridgehead atoms. The SMILES string of the molecule is CCOC1(O)CCCCC1=O. The summed E-state index contributed by atoms with van der Waals surface area (Å²) in [5.41, 5.74) is 0. The first kappa shape index (κ1) is 8.68. The van der Waals surface area contributed by atoms with E-state index in [1.54, 1.807) is 6.92 Å². The summed E-state index contributed by atoms with van der Waals surface area (Å²) in [6, 6.07) is 0. The molecule has 64 valence electrons. The van der Waals surface area contributed by atoms with Crippen LogP contribution in [0.25, 0.3) is 0 Å². The molecule has 1 rings (SSSR count). The minimum atomic E-state index is -1.45. The molecule has 1 aliphatic rings. The Morgan fingerprint density at radius 3 is 2.91 bits per heavy atom. The fourth-order valence-electron chi connectivity index (χ4n) is 1.38. The molecule has 1 atom stereocenters. The molecule has 1 unspecified atom stereocenters. The van der Waals surface area contributed by atoms with Crippen molar-refractivity contribution in [3.05, 3.63) is 0 Å². The van der Waals surface area contributed by atoms with Gasteiger partial charge >= 0.3 is 0 Å². The van der Waals surface area contributed by atoms with Crippen LogP contribution in [0.5, 0.6) is 0 Å². The Bertz CT molecular complexity index is 151. The number of Topliss-reactive ketones (excluding diaryl/α,β-unsaturated/α-hetero) is 1. The molecular weight excluding hydrogens is 144 g/mol. The Morgan fingerprint density at radius 1 is 1.64 bits per heavy atom. The Kier molecular flexibility index (Phi) is 2.62. The van der Waals surface area contributed by atoms with E-state index in [1.807, 2.05) is 0 Å². The van der Waals surface area contributed by atoms with E-state index in [9.17, 15) is 9.90 Å². The highest BCUT2D eigenvalue weighted by Crippen LogP contribution is 2.25. The fraction of sp³-hybridized carbons (Fsp3) is 0.875. The van der Waals surface area contributed by atoms with Crippen molar-refractivity contribution in [1.29, 1.82) is 0 Å². The molecule has 1 saturated carbocycles. The summed E-state index contributed by atoms with van der Waals surface area (Å²) < 4.78 is 4.99. The van der Waals surface area contributed by atoms with Gasteiger partial charge in [0.2, 0.25) is 5.79 Å². The normalized spacial score (nSPS) is 32.4. The van der Waals surface area contributed by atoms with Gasteiger partial charge in [0.1, 0.15) is 0 Å². The largest absolute Gasteiger partial charge is 0.360 e. The minimum absolute atomic E-state index is 0.161. The summed E-state index contributed by atoms with van der Waals surface area (Å²) in [5.74, 6) is -1.61. The number of hydrogen-bond donors (Lipinski definition) is 1. The molecule has 0 heterocycles. The van der Waals surface area contributed by atoms with Crippen molar-refractivity contribution in [2.24, 2.45) is 0 Å². The van der Waals surface area contributed by atoms with Gasteiger partial charge in [0.15, 0.2) is 5.78 Å². The molecule has 0 saturated heterocycles. The number of aliphatic hydroxyl groups is 1. The fourth-order valence-corrected chi connectivity index (χ4v) is 1.38. The number of ether oxygens (including phenoxy) is 1. The third-order valence-corrected chi connectivity index (χ3v) is 1.99. The predicted molar refractivity (Wildman–Crippen MR) is 40.1 cm³/mol. The van der Waals surface area contributed by atoms with Crippen LogP contribution in [-0.2, 0) is 9.53 Å². The predicted octanol–water partition coefficient (Wildman–Crippen LogP) is 0.855. The van der Waals surface area contributed by atoms with Gasteiger partial charge in [-0.2, -0.15) is 0 Å². The highest BCUT2D eigenvalue weighted by Gasteiger charge is 2.38. The van der Waals surface area contributed by atoms with E-state index in [0.29, 0.717) is 19.4 Å². The van der Waals surface area contributed by atoms with Gasteiger partial charge in [-0.15, -0.1) is 0 Å². The van der Waals surface area contributed by atoms with Gasteiger partial charge < -0.3 is 9.84 Å². The Hall–Kier alpha value is -0.410. The zero-order chi connectivity index (χ0) is 8.32. The quantitative estimate of drug-likeness (QED) is 0.606. The Morgan fingerprint density at radius 2 is 2.36 bits per heavy atom. The summed E-state index contributed by atoms with van der Waals surface area (Å²) in [7, 11) is 0. The van der Waals surface area contributed by atoms with Gasteiger partial charge in [-0.25, -0.2) is 0 Å². The van der Waals surface area contributed by atoms with Crippen molar-refractivity contribution in [3.63, 3.8) is 0 Å². The van der Waals surface area contributed by atoms with Crippen molar-refractivity contribution in [2.45, 2.75) is 38.4 Å². The number of carbonyl (C=O) groups is 1. The molecule has 1 fully saturated rings. The number of hydrogen-bond acceptors (Lipinski definition) is 3. The van der Waals surface area contributed by atoms with Crippen LogP contribution < -0.4 is 0 Å². The number of rotatable bonds is 2. The summed E-state index contributed by atoms with van der Waals surface area (Å²) in [6.07, 6.45) is 2.67. The number of ketones is 1. The Balaban J connectivity index is 2.57. The molecular formula is C8H14O3. The molecule has 0 amide bonds. The zero-order valence-corrected chi connectivity index (χ0v) is 6.80. The second-order valence-corrected chi connectivity index (χ2v) is 2.85. The van der Waals surface area contributed by atoms with E-state index in [0.717, 1.165) is 12.8 Å². The second-order valence-electron chi connectivity index (χ2n) is 2.85. The topological polar surface area (TPSA) is 46.5 Å². The zero-order valence-electron chi connectivity index (χ0n) is 6.80. The number of carbonyl (C=O) groups excluding carboxylic acids is 1. The van der Waals surface area contributed by atoms with E-state index < -0.39 is 5.79 Å². The smallest absolute Gasteiger partial charge is 0.226 e. The molecule has 3 heteroatoms. The van der Waals surface area contributed by atoms with Gasteiger partial charge in [-0.3, -0.25) is 4.79 Å². The molecule has 0 aliphatic heterocycles. The van der Waals surface area contributed by atoms with E-state index in [4.69, 9.17) is 4.74 Å². The molecule has 0 aromatic carbocycles. The molecule has 0 spiro atoms. The van der Waals surface area contributed by atoms with Crippen LogP contribution in [0.3, 0.4) is 0 Å². The van der Waals surface area contributed by atoms with Crippen LogP contribution >= 0.6 is 0 Å². The van der Waals surface area contributed by atoms with Gasteiger partial charge in [0, 0.05) is 19.4 Å². The summed E-state index contributed by atoms with van der Waals surface area (Å²) in [6.45, 7) is 2.17. The van der Waals surface area contributed by atoms with Crippen molar-refractivity contribution >= 4 is 5.78 Å². The van der Waals surface area contributed by atoms with E-state index in [-0.39, 0.29) is 5.78 Å². The van der Waals surface area contributed by atoms with Crippen LogP contribution in [0, 0.1) is 0 Å². The van der Waals surface area contributed by atoms with Gasteiger partial charge in [-0.05, 0) is 19.8 Å². The Labute approximate surface area is 66.4 Å². The van der Waals surface area contributed by atoms with Crippen LogP contribution in [0.15, 0.2) is 0 Å². The maximum Gasteiger partial charge on any atom is 0.226 e. The molecule has 3 nitrogen and oxygen atoms in total. The van der Waals surface area contributed by atoms with E-state index >= 15 is 0 Å². The van der Waals surface area contributed by atoms with Gasteiger partial charge in [-0.1, -0.05) is 0 Å². The highest BCUT2D eigenvalue weighted by molar-refractivity contribution is 5.86. The third kappa shape index (κ3) is 1.79. The van der Waals surface area contributed by atoms with Crippen LogP contribution in [0.4, 0.5) is 0 Å². The summed E-state index contributed by atoms with van der Waals surface area (Å²) in [4.78, 5) is 11.1. The minimum Gasteiger partial charge on any atom is -0.360 e. The molecule has 0 radical (unpaired) electrons. The molecule has 0 aromatic rings. The van der Waals surface area contributed by atoms with Crippen molar-refractivity contribution in [1.82, 2.24) is 0 Å². The lowest BCUT2D eigenvalue weighted by Gasteiger charge is -2.29. The molecule has 1 N–H and O–H groups in total. The first-order valence-corrected chi connectivity index (χ1v) is 4.08. The first-order chi connectivity index (χ1) is 5.19. The lowest BCUT2D eigenvalue weighted by Crippen LogP contribution is -2.43. The third-order valence-electron chi connectivity index (χ3n) is 1.99. The van der Waals surface area contributed by atoms with Gasteiger partial charge in [0.25, 0.3) is 0 Å².